The molecule has 0 saturated carbocycles. The molecular weight excluding hydrogens is 214 g/mol. The Morgan fingerprint density at radius 2 is 2.47 bits per heavy atom. The monoisotopic (exact) mass is 223 g/mol. The standard InChI is InChI=1S/C10H10ClN3O/c1-2-3-8(12)10(15)14-9-5-4-7(11)6-13-9/h1,4-6,8H,3,12H2,(H,13,14,15). The summed E-state index contributed by atoms with van der Waals surface area (Å²) in [7, 11) is 0. The maximum Gasteiger partial charge on any atom is 0.243 e. The van der Waals surface area contributed by atoms with Crippen LogP contribution < -0.4 is 11.1 Å². The van der Waals surface area contributed by atoms with Crippen LogP contribution in [0.15, 0.2) is 18.3 Å². The number of aromatic nitrogens is 1. The summed E-state index contributed by atoms with van der Waals surface area (Å²) in [6.45, 7) is 0. The first kappa shape index (κ1) is 11.5. The molecule has 1 unspecified atom stereocenters. The number of anilines is 1. The fourth-order valence-electron chi connectivity index (χ4n) is 0.888. The van der Waals surface area contributed by atoms with Crippen LogP contribution in [-0.2, 0) is 4.79 Å². The highest BCUT2D eigenvalue weighted by Crippen LogP contribution is 2.09. The molecule has 1 heterocycles. The molecule has 0 radical (unpaired) electrons. The number of rotatable bonds is 3. The predicted octanol–water partition coefficient (Wildman–Crippen LogP) is 1.02. The number of carbonyl (C=O) groups excluding carboxylic acids is 1. The van der Waals surface area contributed by atoms with E-state index in [-0.39, 0.29) is 12.3 Å². The molecule has 15 heavy (non-hydrogen) atoms. The third kappa shape index (κ3) is 3.58. The zero-order chi connectivity index (χ0) is 11.3. The summed E-state index contributed by atoms with van der Waals surface area (Å²) in [6, 6.07) is 2.49. The largest absolute Gasteiger partial charge is 0.319 e. The highest BCUT2D eigenvalue weighted by atomic mass is 35.5. The molecule has 1 amide bonds. The molecule has 0 aliphatic heterocycles. The zero-order valence-electron chi connectivity index (χ0n) is 7.90. The Morgan fingerprint density at radius 3 is 3.00 bits per heavy atom. The number of amides is 1. The molecule has 0 aromatic carbocycles. The molecule has 1 rings (SSSR count). The summed E-state index contributed by atoms with van der Waals surface area (Å²) >= 11 is 5.63. The number of hydrogen-bond acceptors (Lipinski definition) is 3. The van der Waals surface area contributed by atoms with Gasteiger partial charge in [-0.2, -0.15) is 0 Å². The van der Waals surface area contributed by atoms with E-state index in [1.54, 1.807) is 12.1 Å². The molecule has 0 bridgehead atoms. The Balaban J connectivity index is 2.59. The van der Waals surface area contributed by atoms with Gasteiger partial charge in [-0.3, -0.25) is 4.79 Å². The molecule has 1 aromatic rings. The third-order valence-electron chi connectivity index (χ3n) is 1.65. The van der Waals surface area contributed by atoms with Gasteiger partial charge in [-0.25, -0.2) is 4.98 Å². The molecule has 0 saturated heterocycles. The Labute approximate surface area is 92.8 Å². The number of carbonyl (C=O) groups is 1. The lowest BCUT2D eigenvalue weighted by molar-refractivity contribution is -0.117. The van der Waals surface area contributed by atoms with Crippen LogP contribution in [0.2, 0.25) is 5.02 Å². The lowest BCUT2D eigenvalue weighted by Crippen LogP contribution is -2.35. The molecule has 0 aliphatic rings. The van der Waals surface area contributed by atoms with Crippen molar-refractivity contribution >= 4 is 23.3 Å². The van der Waals surface area contributed by atoms with Gasteiger partial charge in [-0.05, 0) is 12.1 Å². The number of pyridine rings is 1. The minimum absolute atomic E-state index is 0.194. The Morgan fingerprint density at radius 1 is 1.73 bits per heavy atom. The van der Waals surface area contributed by atoms with Crippen molar-refractivity contribution < 1.29 is 4.79 Å². The Kier molecular flexibility index (Phi) is 4.10. The second-order valence-electron chi connectivity index (χ2n) is 2.87. The van der Waals surface area contributed by atoms with Crippen LogP contribution in [0.3, 0.4) is 0 Å². The molecule has 0 spiro atoms. The summed E-state index contributed by atoms with van der Waals surface area (Å²) in [5.74, 6) is 2.36. The number of nitrogens with two attached hydrogens (primary N) is 1. The number of nitrogens with one attached hydrogen (secondary N) is 1. The fourth-order valence-corrected chi connectivity index (χ4v) is 1.00. The van der Waals surface area contributed by atoms with Gasteiger partial charge in [-0.15, -0.1) is 12.3 Å². The zero-order valence-corrected chi connectivity index (χ0v) is 8.66. The van der Waals surface area contributed by atoms with Gasteiger partial charge in [0.2, 0.25) is 5.91 Å². The molecule has 3 N–H and O–H groups in total. The van der Waals surface area contributed by atoms with E-state index in [4.69, 9.17) is 23.8 Å². The predicted molar refractivity (Wildman–Crippen MR) is 59.3 cm³/mol. The van der Waals surface area contributed by atoms with Crippen molar-refractivity contribution in [3.05, 3.63) is 23.4 Å². The van der Waals surface area contributed by atoms with Crippen molar-refractivity contribution in [2.24, 2.45) is 5.73 Å². The van der Waals surface area contributed by atoms with Gasteiger partial charge in [0.25, 0.3) is 0 Å². The van der Waals surface area contributed by atoms with Crippen LogP contribution in [0.5, 0.6) is 0 Å². The molecule has 0 fully saturated rings. The third-order valence-corrected chi connectivity index (χ3v) is 1.88. The van der Waals surface area contributed by atoms with E-state index in [2.05, 4.69) is 16.2 Å². The van der Waals surface area contributed by atoms with Gasteiger partial charge in [0.1, 0.15) is 5.82 Å². The minimum Gasteiger partial charge on any atom is -0.319 e. The van der Waals surface area contributed by atoms with Crippen LogP contribution >= 0.6 is 11.6 Å². The number of halogens is 1. The second kappa shape index (κ2) is 5.35. The van der Waals surface area contributed by atoms with Crippen LogP contribution in [-0.4, -0.2) is 16.9 Å². The van der Waals surface area contributed by atoms with Gasteiger partial charge in [-0.1, -0.05) is 11.6 Å². The first-order valence-corrected chi connectivity index (χ1v) is 4.62. The van der Waals surface area contributed by atoms with Crippen LogP contribution in [0, 0.1) is 12.3 Å². The quantitative estimate of drug-likeness (QED) is 0.752. The lowest BCUT2D eigenvalue weighted by atomic mass is 10.2. The average molecular weight is 224 g/mol. The van der Waals surface area contributed by atoms with E-state index < -0.39 is 6.04 Å². The molecule has 5 heteroatoms. The Bertz CT molecular complexity index is 383. The van der Waals surface area contributed by atoms with Gasteiger partial charge >= 0.3 is 0 Å². The number of nitrogens with zero attached hydrogens (tertiary/aromatic N) is 1. The van der Waals surface area contributed by atoms with E-state index in [1.165, 1.54) is 6.20 Å². The smallest absolute Gasteiger partial charge is 0.243 e. The second-order valence-corrected chi connectivity index (χ2v) is 3.30. The van der Waals surface area contributed by atoms with Crippen molar-refractivity contribution in [3.63, 3.8) is 0 Å². The maximum absolute atomic E-state index is 11.4. The number of hydrogen-bond donors (Lipinski definition) is 2. The topological polar surface area (TPSA) is 68.0 Å². The molecule has 0 aliphatic carbocycles. The lowest BCUT2D eigenvalue weighted by Gasteiger charge is -2.08. The molecule has 1 atom stereocenters. The van der Waals surface area contributed by atoms with E-state index in [9.17, 15) is 4.79 Å². The molecular formula is C10H10ClN3O. The van der Waals surface area contributed by atoms with Crippen LogP contribution in [0.25, 0.3) is 0 Å². The summed E-state index contributed by atoms with van der Waals surface area (Å²) in [4.78, 5) is 15.3. The van der Waals surface area contributed by atoms with Crippen molar-refractivity contribution in [2.45, 2.75) is 12.5 Å². The van der Waals surface area contributed by atoms with Gasteiger partial charge in [0.05, 0.1) is 11.1 Å². The first-order valence-electron chi connectivity index (χ1n) is 4.25. The maximum atomic E-state index is 11.4. The van der Waals surface area contributed by atoms with E-state index in [0.29, 0.717) is 10.8 Å². The minimum atomic E-state index is -0.715. The van der Waals surface area contributed by atoms with Crippen molar-refractivity contribution in [2.75, 3.05) is 5.32 Å². The SMILES string of the molecule is C#CCC(N)C(=O)Nc1ccc(Cl)cn1. The molecule has 4 nitrogen and oxygen atoms in total. The van der Waals surface area contributed by atoms with E-state index in [1.807, 2.05) is 0 Å². The molecule has 1 aromatic heterocycles. The van der Waals surface area contributed by atoms with Crippen molar-refractivity contribution in [1.82, 2.24) is 4.98 Å². The molecule has 78 valence electrons. The van der Waals surface area contributed by atoms with Gasteiger partial charge < -0.3 is 11.1 Å². The van der Waals surface area contributed by atoms with Crippen molar-refractivity contribution in [3.8, 4) is 12.3 Å². The average Bonchev–Trinajstić information content (AvgIpc) is 2.22. The van der Waals surface area contributed by atoms with Crippen LogP contribution in [0.4, 0.5) is 5.82 Å². The van der Waals surface area contributed by atoms with Crippen molar-refractivity contribution in [1.29, 1.82) is 0 Å². The summed E-state index contributed by atoms with van der Waals surface area (Å²) < 4.78 is 0. The van der Waals surface area contributed by atoms with Crippen LogP contribution in [0.1, 0.15) is 6.42 Å². The fraction of sp³-hybridized carbons (Fsp3) is 0.200. The van der Waals surface area contributed by atoms with Gasteiger partial charge in [0.15, 0.2) is 0 Å². The summed E-state index contributed by atoms with van der Waals surface area (Å²) in [5.41, 5.74) is 5.50. The first-order chi connectivity index (χ1) is 7.13. The Hall–Kier alpha value is -1.57. The highest BCUT2D eigenvalue weighted by molar-refractivity contribution is 6.30. The summed E-state index contributed by atoms with van der Waals surface area (Å²) in [5, 5.41) is 3.03. The van der Waals surface area contributed by atoms with E-state index >= 15 is 0 Å². The number of terminal acetylenes is 1. The highest BCUT2D eigenvalue weighted by Gasteiger charge is 2.12. The summed E-state index contributed by atoms with van der Waals surface area (Å²) in [6.07, 6.45) is 6.67. The van der Waals surface area contributed by atoms with Gasteiger partial charge in [0, 0.05) is 12.6 Å². The van der Waals surface area contributed by atoms with E-state index in [0.717, 1.165) is 0 Å². The normalized spacial score (nSPS) is 11.5.